The number of hydrogen-bond acceptors (Lipinski definition) is 5. The van der Waals surface area contributed by atoms with Crippen LogP contribution in [0, 0.1) is 11.7 Å². The van der Waals surface area contributed by atoms with Crippen molar-refractivity contribution in [2.24, 2.45) is 5.92 Å². The third-order valence-corrected chi connectivity index (χ3v) is 8.67. The number of amides is 1. The molecule has 2 aromatic carbocycles. The van der Waals surface area contributed by atoms with Crippen LogP contribution in [0.5, 0.6) is 0 Å². The molecule has 2 aromatic rings. The smallest absolute Gasteiger partial charge is 0.245 e. The van der Waals surface area contributed by atoms with Crippen LogP contribution < -0.4 is 5.32 Å². The molecule has 34 heavy (non-hydrogen) atoms. The van der Waals surface area contributed by atoms with Crippen LogP contribution in [-0.2, 0) is 27.9 Å². The van der Waals surface area contributed by atoms with Crippen molar-refractivity contribution in [2.75, 3.05) is 46.3 Å². The zero-order valence-corrected chi connectivity index (χ0v) is 20.4. The lowest BCUT2D eigenvalue weighted by molar-refractivity contribution is -0.126. The molecule has 0 atom stereocenters. The van der Waals surface area contributed by atoms with Crippen LogP contribution in [0.15, 0.2) is 53.4 Å². The van der Waals surface area contributed by atoms with E-state index in [1.165, 1.54) is 28.1 Å². The number of likely N-dealkylation sites (N-methyl/N-ethyl adjacent to an activating group) is 1. The highest BCUT2D eigenvalue weighted by Crippen LogP contribution is 2.25. The molecule has 0 aromatic heterocycles. The minimum Gasteiger partial charge on any atom is -0.352 e. The number of sulfonamides is 1. The van der Waals surface area contributed by atoms with E-state index < -0.39 is 15.8 Å². The van der Waals surface area contributed by atoms with Gasteiger partial charge in [0.05, 0.1) is 0 Å². The summed E-state index contributed by atoms with van der Waals surface area (Å²) in [6, 6.07) is 13.7. The maximum atomic E-state index is 14.0. The minimum absolute atomic E-state index is 0.0626. The molecule has 7 nitrogen and oxygen atoms in total. The summed E-state index contributed by atoms with van der Waals surface area (Å²) in [6.45, 7) is 6.04. The molecule has 0 aliphatic carbocycles. The van der Waals surface area contributed by atoms with E-state index in [2.05, 4.69) is 34.3 Å². The summed E-state index contributed by atoms with van der Waals surface area (Å²) in [5.74, 6) is -1.06. The largest absolute Gasteiger partial charge is 0.352 e. The number of piperazine rings is 1. The van der Waals surface area contributed by atoms with Gasteiger partial charge in [0.1, 0.15) is 10.7 Å². The van der Waals surface area contributed by atoms with Crippen molar-refractivity contribution in [3.63, 3.8) is 0 Å². The molecule has 0 unspecified atom stereocenters. The van der Waals surface area contributed by atoms with E-state index in [0.29, 0.717) is 19.4 Å². The number of nitrogens with one attached hydrogen (secondary N) is 1. The van der Waals surface area contributed by atoms with Crippen molar-refractivity contribution >= 4 is 15.9 Å². The Labute approximate surface area is 201 Å². The van der Waals surface area contributed by atoms with E-state index in [1.54, 1.807) is 0 Å². The molecule has 9 heteroatoms. The van der Waals surface area contributed by atoms with Gasteiger partial charge < -0.3 is 10.2 Å². The van der Waals surface area contributed by atoms with Gasteiger partial charge in [-0.2, -0.15) is 4.31 Å². The number of piperidine rings is 1. The molecule has 4 rings (SSSR count). The van der Waals surface area contributed by atoms with Gasteiger partial charge in [-0.3, -0.25) is 9.69 Å². The molecule has 0 spiro atoms. The van der Waals surface area contributed by atoms with E-state index in [0.717, 1.165) is 44.4 Å². The maximum absolute atomic E-state index is 14.0. The second-order valence-electron chi connectivity index (χ2n) is 9.23. The molecule has 0 radical (unpaired) electrons. The lowest BCUT2D eigenvalue weighted by Gasteiger charge is -2.32. The van der Waals surface area contributed by atoms with E-state index in [9.17, 15) is 17.6 Å². The Balaban J connectivity index is 1.27. The van der Waals surface area contributed by atoms with Crippen LogP contribution in [0.3, 0.4) is 0 Å². The lowest BCUT2D eigenvalue weighted by Crippen LogP contribution is -2.43. The fourth-order valence-electron chi connectivity index (χ4n) is 4.59. The monoisotopic (exact) mass is 488 g/mol. The molecule has 2 aliphatic rings. The van der Waals surface area contributed by atoms with E-state index in [1.807, 2.05) is 12.1 Å². The number of benzene rings is 2. The first-order valence-corrected chi connectivity index (χ1v) is 13.3. The third-order valence-electron chi connectivity index (χ3n) is 6.74. The third kappa shape index (κ3) is 6.02. The molecule has 2 saturated heterocycles. The summed E-state index contributed by atoms with van der Waals surface area (Å²) in [5, 5.41) is 3.01. The van der Waals surface area contributed by atoms with Crippen molar-refractivity contribution in [2.45, 2.75) is 30.8 Å². The maximum Gasteiger partial charge on any atom is 0.245 e. The highest BCUT2D eigenvalue weighted by Gasteiger charge is 2.33. The Bertz CT molecular complexity index is 1090. The van der Waals surface area contributed by atoms with Gasteiger partial charge in [0.25, 0.3) is 0 Å². The zero-order chi connectivity index (χ0) is 24.1. The Morgan fingerprint density at radius 3 is 2.35 bits per heavy atom. The first-order chi connectivity index (χ1) is 16.3. The molecule has 1 amide bonds. The van der Waals surface area contributed by atoms with Crippen LogP contribution in [0.2, 0.25) is 0 Å². The number of nitrogens with zero attached hydrogens (tertiary/aromatic N) is 3. The average Bonchev–Trinajstić information content (AvgIpc) is 2.84. The van der Waals surface area contributed by atoms with E-state index in [4.69, 9.17) is 0 Å². The molecule has 2 heterocycles. The zero-order valence-electron chi connectivity index (χ0n) is 19.6. The normalized spacial score (nSPS) is 19.2. The highest BCUT2D eigenvalue weighted by molar-refractivity contribution is 7.89. The number of halogens is 1. The predicted molar refractivity (Wildman–Crippen MR) is 129 cm³/mol. The molecule has 0 bridgehead atoms. The first-order valence-electron chi connectivity index (χ1n) is 11.8. The van der Waals surface area contributed by atoms with Gasteiger partial charge in [0.15, 0.2) is 0 Å². The topological polar surface area (TPSA) is 73.0 Å². The standard InChI is InChI=1S/C25H33FN4O3S/c1-28-13-15-29(16-14-28)19-21-6-4-5-20(17-21)18-27-25(31)22-9-11-30(12-10-22)34(32,33)24-8-3-2-7-23(24)26/h2-8,17,22H,9-16,18-19H2,1H3,(H,27,31). The molecule has 2 fully saturated rings. The van der Waals surface area contributed by atoms with Gasteiger partial charge in [-0.1, -0.05) is 36.4 Å². The molecule has 0 saturated carbocycles. The molecule has 184 valence electrons. The minimum atomic E-state index is -3.90. The Morgan fingerprint density at radius 2 is 1.65 bits per heavy atom. The second kappa shape index (κ2) is 10.9. The molecule has 2 aliphatic heterocycles. The number of hydrogen-bond donors (Lipinski definition) is 1. The van der Waals surface area contributed by atoms with Crippen molar-refractivity contribution in [3.05, 3.63) is 65.5 Å². The van der Waals surface area contributed by atoms with Gasteiger partial charge >= 0.3 is 0 Å². The SMILES string of the molecule is CN1CCN(Cc2cccc(CNC(=O)C3CCN(S(=O)(=O)c4ccccc4F)CC3)c2)CC1. The van der Waals surface area contributed by atoms with Crippen molar-refractivity contribution in [3.8, 4) is 0 Å². The summed E-state index contributed by atoms with van der Waals surface area (Å²) in [4.78, 5) is 17.2. The Kier molecular flexibility index (Phi) is 7.98. The van der Waals surface area contributed by atoms with Gasteiger partial charge in [-0.15, -0.1) is 0 Å². The Hall–Kier alpha value is -2.33. The van der Waals surface area contributed by atoms with Crippen LogP contribution in [0.1, 0.15) is 24.0 Å². The number of carbonyl (C=O) groups is 1. The van der Waals surface area contributed by atoms with Gasteiger partial charge in [0, 0.05) is 58.3 Å². The van der Waals surface area contributed by atoms with Crippen LogP contribution in [0.4, 0.5) is 4.39 Å². The van der Waals surface area contributed by atoms with Gasteiger partial charge in [-0.05, 0) is 43.1 Å². The van der Waals surface area contributed by atoms with Gasteiger partial charge in [-0.25, -0.2) is 12.8 Å². The van der Waals surface area contributed by atoms with Crippen LogP contribution in [-0.4, -0.2) is 74.7 Å². The summed E-state index contributed by atoms with van der Waals surface area (Å²) >= 11 is 0. The average molecular weight is 489 g/mol. The van der Waals surface area contributed by atoms with Gasteiger partial charge in [0.2, 0.25) is 15.9 Å². The van der Waals surface area contributed by atoms with Crippen LogP contribution in [0.25, 0.3) is 0 Å². The van der Waals surface area contributed by atoms with E-state index >= 15 is 0 Å². The number of carbonyl (C=O) groups excluding carboxylic acids is 1. The van der Waals surface area contributed by atoms with Crippen molar-refractivity contribution in [1.82, 2.24) is 19.4 Å². The van der Waals surface area contributed by atoms with Crippen LogP contribution >= 0.6 is 0 Å². The summed E-state index contributed by atoms with van der Waals surface area (Å²) in [7, 11) is -1.75. The van der Waals surface area contributed by atoms with E-state index in [-0.39, 0.29) is 29.8 Å². The lowest BCUT2D eigenvalue weighted by atomic mass is 9.97. The Morgan fingerprint density at radius 1 is 0.971 bits per heavy atom. The molecular formula is C25H33FN4O3S. The number of rotatable bonds is 7. The fraction of sp³-hybridized carbons (Fsp3) is 0.480. The summed E-state index contributed by atoms with van der Waals surface area (Å²) in [6.07, 6.45) is 0.839. The van der Waals surface area contributed by atoms with Crippen molar-refractivity contribution < 1.29 is 17.6 Å². The second-order valence-corrected chi connectivity index (χ2v) is 11.1. The molecule has 1 N–H and O–H groups in total. The summed E-state index contributed by atoms with van der Waals surface area (Å²) < 4.78 is 40.8. The summed E-state index contributed by atoms with van der Waals surface area (Å²) in [5.41, 5.74) is 2.29. The molecular weight excluding hydrogens is 455 g/mol. The first kappa shape index (κ1) is 24.8. The fourth-order valence-corrected chi connectivity index (χ4v) is 6.12. The highest BCUT2D eigenvalue weighted by atomic mass is 32.2. The quantitative estimate of drug-likeness (QED) is 0.648. The van der Waals surface area contributed by atoms with Crippen molar-refractivity contribution in [1.29, 1.82) is 0 Å². The predicted octanol–water partition coefficient (Wildman–Crippen LogP) is 2.29.